The first-order valence-corrected chi connectivity index (χ1v) is 4.69. The summed E-state index contributed by atoms with van der Waals surface area (Å²) in [7, 11) is 0. The number of rotatable bonds is 5. The van der Waals surface area contributed by atoms with Crippen LogP contribution >= 0.6 is 0 Å². The summed E-state index contributed by atoms with van der Waals surface area (Å²) in [4.78, 5) is 0. The summed E-state index contributed by atoms with van der Waals surface area (Å²) in [6, 6.07) is 0. The van der Waals surface area contributed by atoms with E-state index in [9.17, 15) is 5.11 Å². The summed E-state index contributed by atoms with van der Waals surface area (Å²) in [5.74, 6) is 0. The van der Waals surface area contributed by atoms with Crippen LogP contribution in [-0.2, 0) is 4.74 Å². The van der Waals surface area contributed by atoms with Crippen molar-refractivity contribution < 1.29 is 9.84 Å². The number of hydrogen-bond acceptors (Lipinski definition) is 2. The minimum atomic E-state index is -0.357. The van der Waals surface area contributed by atoms with Gasteiger partial charge in [-0.15, -0.1) is 0 Å². The number of aliphatic hydroxyl groups excluding tert-OH is 1. The van der Waals surface area contributed by atoms with Gasteiger partial charge in [-0.1, -0.05) is 20.8 Å². The fourth-order valence-electron chi connectivity index (χ4n) is 0.745. The zero-order chi connectivity index (χ0) is 9.78. The highest BCUT2D eigenvalue weighted by Gasteiger charge is 2.25. The second-order valence-electron chi connectivity index (χ2n) is 4.24. The van der Waals surface area contributed by atoms with Gasteiger partial charge in [0.15, 0.2) is 0 Å². The third kappa shape index (κ3) is 4.07. The van der Waals surface area contributed by atoms with Crippen molar-refractivity contribution in [2.45, 2.75) is 53.2 Å². The summed E-state index contributed by atoms with van der Waals surface area (Å²) < 4.78 is 5.34. The lowest BCUT2D eigenvalue weighted by Gasteiger charge is -2.29. The van der Waals surface area contributed by atoms with Crippen LogP contribution in [0.3, 0.4) is 0 Å². The molecule has 0 bridgehead atoms. The molecule has 0 aromatic rings. The highest BCUT2D eigenvalue weighted by atomic mass is 16.5. The number of hydrogen-bond donors (Lipinski definition) is 1. The molecular formula is C10H22O2. The van der Waals surface area contributed by atoms with Crippen LogP contribution in [0.25, 0.3) is 0 Å². The standard InChI is InChI=1S/C10H22O2/c1-6-10(4,5)9(11)7-12-8(2)3/h8-9,11H,6-7H2,1-5H3. The van der Waals surface area contributed by atoms with Crippen LogP contribution in [0.4, 0.5) is 0 Å². The van der Waals surface area contributed by atoms with Crippen molar-refractivity contribution in [3.8, 4) is 0 Å². The predicted molar refractivity (Wildman–Crippen MR) is 51.2 cm³/mol. The van der Waals surface area contributed by atoms with Gasteiger partial charge < -0.3 is 9.84 Å². The Bertz CT molecular complexity index is 119. The molecule has 1 unspecified atom stereocenters. The molecule has 0 rings (SSSR count). The van der Waals surface area contributed by atoms with E-state index in [1.165, 1.54) is 0 Å². The van der Waals surface area contributed by atoms with Gasteiger partial charge >= 0.3 is 0 Å². The molecule has 2 nitrogen and oxygen atoms in total. The summed E-state index contributed by atoms with van der Waals surface area (Å²) in [6.45, 7) is 10.6. The topological polar surface area (TPSA) is 29.5 Å². The highest BCUT2D eigenvalue weighted by molar-refractivity contribution is 4.75. The van der Waals surface area contributed by atoms with Crippen LogP contribution < -0.4 is 0 Å². The number of aliphatic hydroxyl groups is 1. The van der Waals surface area contributed by atoms with E-state index in [1.54, 1.807) is 0 Å². The largest absolute Gasteiger partial charge is 0.390 e. The van der Waals surface area contributed by atoms with Gasteiger partial charge in [-0.25, -0.2) is 0 Å². The van der Waals surface area contributed by atoms with E-state index >= 15 is 0 Å². The molecule has 0 aliphatic rings. The van der Waals surface area contributed by atoms with Gasteiger partial charge in [0.05, 0.1) is 18.8 Å². The van der Waals surface area contributed by atoms with Gasteiger partial charge in [-0.05, 0) is 25.7 Å². The summed E-state index contributed by atoms with van der Waals surface area (Å²) in [6.07, 6.45) is 0.813. The summed E-state index contributed by atoms with van der Waals surface area (Å²) in [5, 5.41) is 9.70. The fourth-order valence-corrected chi connectivity index (χ4v) is 0.745. The molecule has 0 amide bonds. The van der Waals surface area contributed by atoms with Crippen LogP contribution in [0.15, 0.2) is 0 Å². The van der Waals surface area contributed by atoms with Gasteiger partial charge in [0.25, 0.3) is 0 Å². The molecule has 74 valence electrons. The lowest BCUT2D eigenvalue weighted by Crippen LogP contribution is -2.33. The van der Waals surface area contributed by atoms with Crippen molar-refractivity contribution in [2.75, 3.05) is 6.61 Å². The molecule has 1 atom stereocenters. The average Bonchev–Trinajstić information content (AvgIpc) is 2.00. The molecule has 0 heterocycles. The molecule has 1 N–H and O–H groups in total. The zero-order valence-corrected chi connectivity index (χ0v) is 8.92. The molecule has 2 heteroatoms. The van der Waals surface area contributed by atoms with E-state index in [1.807, 2.05) is 13.8 Å². The van der Waals surface area contributed by atoms with Gasteiger partial charge in [0.2, 0.25) is 0 Å². The van der Waals surface area contributed by atoms with E-state index in [-0.39, 0.29) is 17.6 Å². The smallest absolute Gasteiger partial charge is 0.0824 e. The first kappa shape index (κ1) is 11.9. The molecule has 0 spiro atoms. The average molecular weight is 174 g/mol. The third-order valence-electron chi connectivity index (χ3n) is 2.40. The maximum atomic E-state index is 9.70. The van der Waals surface area contributed by atoms with Crippen LogP contribution in [0.1, 0.15) is 41.0 Å². The van der Waals surface area contributed by atoms with E-state index in [4.69, 9.17) is 4.74 Å². The second-order valence-corrected chi connectivity index (χ2v) is 4.24. The Morgan fingerprint density at radius 3 is 2.17 bits per heavy atom. The normalized spacial score (nSPS) is 15.2. The minimum Gasteiger partial charge on any atom is -0.390 e. The van der Waals surface area contributed by atoms with Gasteiger partial charge in [-0.2, -0.15) is 0 Å². The molecular weight excluding hydrogens is 152 g/mol. The van der Waals surface area contributed by atoms with Gasteiger partial charge in [0.1, 0.15) is 0 Å². The SMILES string of the molecule is CCC(C)(C)C(O)COC(C)C. The van der Waals surface area contributed by atoms with Crippen molar-refractivity contribution in [2.24, 2.45) is 5.41 Å². The van der Waals surface area contributed by atoms with Gasteiger partial charge in [0, 0.05) is 0 Å². The van der Waals surface area contributed by atoms with E-state index in [0.717, 1.165) is 6.42 Å². The Hall–Kier alpha value is -0.0800. The van der Waals surface area contributed by atoms with E-state index < -0.39 is 0 Å². The number of ether oxygens (including phenoxy) is 1. The van der Waals surface area contributed by atoms with Crippen LogP contribution in [-0.4, -0.2) is 23.9 Å². The predicted octanol–water partition coefficient (Wildman–Crippen LogP) is 2.21. The maximum Gasteiger partial charge on any atom is 0.0824 e. The molecule has 0 aromatic heterocycles. The van der Waals surface area contributed by atoms with E-state index in [2.05, 4.69) is 20.8 Å². The molecule has 12 heavy (non-hydrogen) atoms. The lowest BCUT2D eigenvalue weighted by molar-refractivity contribution is -0.0470. The van der Waals surface area contributed by atoms with Crippen molar-refractivity contribution in [3.63, 3.8) is 0 Å². The van der Waals surface area contributed by atoms with Crippen molar-refractivity contribution >= 4 is 0 Å². The van der Waals surface area contributed by atoms with Crippen LogP contribution in [0.2, 0.25) is 0 Å². The Labute approximate surface area is 75.9 Å². The van der Waals surface area contributed by atoms with E-state index in [0.29, 0.717) is 6.61 Å². The highest BCUT2D eigenvalue weighted by Crippen LogP contribution is 2.24. The lowest BCUT2D eigenvalue weighted by atomic mass is 9.84. The molecule has 0 aromatic carbocycles. The molecule has 0 radical (unpaired) electrons. The minimum absolute atomic E-state index is 0.0328. The summed E-state index contributed by atoms with van der Waals surface area (Å²) >= 11 is 0. The molecule has 0 saturated carbocycles. The zero-order valence-electron chi connectivity index (χ0n) is 8.92. The summed E-state index contributed by atoms with van der Waals surface area (Å²) in [5.41, 5.74) is -0.0328. The first-order chi connectivity index (χ1) is 5.40. The molecule has 0 aliphatic heterocycles. The first-order valence-electron chi connectivity index (χ1n) is 4.69. The Kier molecular flexibility index (Phi) is 4.80. The Morgan fingerprint density at radius 1 is 1.33 bits per heavy atom. The fraction of sp³-hybridized carbons (Fsp3) is 1.00. The monoisotopic (exact) mass is 174 g/mol. The molecule has 0 fully saturated rings. The van der Waals surface area contributed by atoms with Gasteiger partial charge in [-0.3, -0.25) is 0 Å². The van der Waals surface area contributed by atoms with Crippen LogP contribution in [0.5, 0.6) is 0 Å². The van der Waals surface area contributed by atoms with Crippen molar-refractivity contribution in [3.05, 3.63) is 0 Å². The molecule has 0 aliphatic carbocycles. The Balaban J connectivity index is 3.78. The maximum absolute atomic E-state index is 9.70. The van der Waals surface area contributed by atoms with Crippen molar-refractivity contribution in [1.82, 2.24) is 0 Å². The Morgan fingerprint density at radius 2 is 1.83 bits per heavy atom. The van der Waals surface area contributed by atoms with Crippen molar-refractivity contribution in [1.29, 1.82) is 0 Å². The third-order valence-corrected chi connectivity index (χ3v) is 2.40. The van der Waals surface area contributed by atoms with Crippen LogP contribution in [0, 0.1) is 5.41 Å². The quantitative estimate of drug-likeness (QED) is 0.692. The second kappa shape index (κ2) is 4.83. The molecule has 0 saturated heterocycles.